The summed E-state index contributed by atoms with van der Waals surface area (Å²) in [5, 5.41) is 21.3. The molecule has 1 aromatic rings. The molecule has 1 rings (SSSR count). The number of nitrogens with one attached hydrogen (secondary N) is 1. The number of carbonyl (C=O) groups excluding carboxylic acids is 1. The summed E-state index contributed by atoms with van der Waals surface area (Å²) in [4.78, 5) is 14.3. The highest BCUT2D eigenvalue weighted by molar-refractivity contribution is 6.06. The van der Waals surface area contributed by atoms with Crippen LogP contribution in [0.4, 0.5) is 5.69 Å². The SMILES string of the molecule is CCCCN(/C=C(/C#N)C(=O)Nc1cccc(O)c1)CCCC. The molecule has 0 heterocycles. The van der Waals surface area contributed by atoms with E-state index < -0.39 is 5.91 Å². The Morgan fingerprint density at radius 3 is 2.48 bits per heavy atom. The number of anilines is 1. The van der Waals surface area contributed by atoms with Gasteiger partial charge in [0, 0.05) is 31.0 Å². The van der Waals surface area contributed by atoms with Crippen molar-refractivity contribution in [3.8, 4) is 11.8 Å². The van der Waals surface area contributed by atoms with Crippen LogP contribution in [0.25, 0.3) is 0 Å². The maximum atomic E-state index is 12.2. The van der Waals surface area contributed by atoms with E-state index >= 15 is 0 Å². The highest BCUT2D eigenvalue weighted by Gasteiger charge is 2.12. The quantitative estimate of drug-likeness (QED) is 0.539. The van der Waals surface area contributed by atoms with Gasteiger partial charge in [-0.25, -0.2) is 0 Å². The standard InChI is InChI=1S/C18H25N3O2/c1-3-5-10-21(11-6-4-2)14-15(13-19)18(23)20-16-8-7-9-17(22)12-16/h7-9,12,14,22H,3-6,10-11H2,1-2H3,(H,20,23)/b15-14-. The lowest BCUT2D eigenvalue weighted by Crippen LogP contribution is -2.23. The summed E-state index contributed by atoms with van der Waals surface area (Å²) in [7, 11) is 0. The number of hydrogen-bond acceptors (Lipinski definition) is 4. The first kappa shape index (κ1) is 18.6. The summed E-state index contributed by atoms with van der Waals surface area (Å²) < 4.78 is 0. The number of amides is 1. The molecule has 0 spiro atoms. The summed E-state index contributed by atoms with van der Waals surface area (Å²) in [6.45, 7) is 5.89. The Morgan fingerprint density at radius 1 is 1.30 bits per heavy atom. The molecule has 1 amide bonds. The molecule has 23 heavy (non-hydrogen) atoms. The molecular weight excluding hydrogens is 290 g/mol. The predicted molar refractivity (Wildman–Crippen MR) is 91.8 cm³/mol. The van der Waals surface area contributed by atoms with Gasteiger partial charge in [-0.05, 0) is 25.0 Å². The highest BCUT2D eigenvalue weighted by atomic mass is 16.3. The molecule has 5 heteroatoms. The lowest BCUT2D eigenvalue weighted by Gasteiger charge is -2.20. The molecule has 0 saturated carbocycles. The Kier molecular flexibility index (Phi) is 8.30. The van der Waals surface area contributed by atoms with Crippen LogP contribution in [0.5, 0.6) is 5.75 Å². The molecule has 0 atom stereocenters. The fourth-order valence-electron chi connectivity index (χ4n) is 2.07. The Balaban J connectivity index is 2.81. The first-order chi connectivity index (χ1) is 11.1. The molecule has 0 unspecified atom stereocenters. The van der Waals surface area contributed by atoms with Crippen molar-refractivity contribution in [1.82, 2.24) is 4.90 Å². The third-order valence-corrected chi connectivity index (χ3v) is 3.38. The predicted octanol–water partition coefficient (Wildman–Crippen LogP) is 3.64. The number of rotatable bonds is 9. The number of nitriles is 1. The van der Waals surface area contributed by atoms with E-state index in [9.17, 15) is 15.2 Å². The van der Waals surface area contributed by atoms with Crippen LogP contribution in [0.2, 0.25) is 0 Å². The molecule has 2 N–H and O–H groups in total. The van der Waals surface area contributed by atoms with Crippen molar-refractivity contribution in [2.24, 2.45) is 0 Å². The number of phenols is 1. The molecule has 0 aliphatic rings. The average molecular weight is 315 g/mol. The summed E-state index contributed by atoms with van der Waals surface area (Å²) >= 11 is 0. The van der Waals surface area contributed by atoms with Crippen molar-refractivity contribution in [3.63, 3.8) is 0 Å². The second-order valence-electron chi connectivity index (χ2n) is 5.40. The minimum atomic E-state index is -0.462. The number of benzene rings is 1. The molecule has 0 aliphatic heterocycles. The maximum Gasteiger partial charge on any atom is 0.267 e. The molecule has 0 bridgehead atoms. The number of phenolic OH excluding ortho intramolecular Hbond substituents is 1. The number of unbranched alkanes of at least 4 members (excludes halogenated alkanes) is 2. The van der Waals surface area contributed by atoms with Gasteiger partial charge in [0.1, 0.15) is 17.4 Å². The van der Waals surface area contributed by atoms with Crippen molar-refractivity contribution >= 4 is 11.6 Å². The van der Waals surface area contributed by atoms with Gasteiger partial charge in [0.05, 0.1) is 0 Å². The monoisotopic (exact) mass is 315 g/mol. The van der Waals surface area contributed by atoms with Crippen LogP contribution in [0.3, 0.4) is 0 Å². The van der Waals surface area contributed by atoms with Gasteiger partial charge in [0.2, 0.25) is 0 Å². The number of hydrogen-bond donors (Lipinski definition) is 2. The molecule has 124 valence electrons. The summed E-state index contributed by atoms with van der Waals surface area (Å²) in [6.07, 6.45) is 5.81. The molecule has 0 saturated heterocycles. The minimum absolute atomic E-state index is 0.0674. The molecule has 0 aromatic heterocycles. The van der Waals surface area contributed by atoms with E-state index in [4.69, 9.17) is 0 Å². The van der Waals surface area contributed by atoms with Crippen molar-refractivity contribution in [3.05, 3.63) is 36.0 Å². The smallest absolute Gasteiger partial charge is 0.267 e. The lowest BCUT2D eigenvalue weighted by molar-refractivity contribution is -0.112. The molecular formula is C18H25N3O2. The lowest BCUT2D eigenvalue weighted by atomic mass is 10.2. The second-order valence-corrected chi connectivity index (χ2v) is 5.40. The Hall–Kier alpha value is -2.48. The van der Waals surface area contributed by atoms with E-state index in [-0.39, 0.29) is 11.3 Å². The van der Waals surface area contributed by atoms with Crippen molar-refractivity contribution < 1.29 is 9.90 Å². The van der Waals surface area contributed by atoms with Gasteiger partial charge in [-0.3, -0.25) is 4.79 Å². The molecule has 1 aromatic carbocycles. The Morgan fingerprint density at radius 2 is 1.96 bits per heavy atom. The van der Waals surface area contributed by atoms with Gasteiger partial charge >= 0.3 is 0 Å². The first-order valence-corrected chi connectivity index (χ1v) is 8.07. The van der Waals surface area contributed by atoms with Crippen LogP contribution in [0, 0.1) is 11.3 Å². The van der Waals surface area contributed by atoms with Crippen LogP contribution in [0.15, 0.2) is 36.0 Å². The third kappa shape index (κ3) is 6.88. The highest BCUT2D eigenvalue weighted by Crippen LogP contribution is 2.16. The van der Waals surface area contributed by atoms with Gasteiger partial charge in [-0.2, -0.15) is 5.26 Å². The van der Waals surface area contributed by atoms with Gasteiger partial charge in [0.15, 0.2) is 0 Å². The maximum absolute atomic E-state index is 12.2. The number of nitrogens with zero attached hydrogens (tertiary/aromatic N) is 2. The van der Waals surface area contributed by atoms with Crippen LogP contribution < -0.4 is 5.32 Å². The second kappa shape index (κ2) is 10.3. The van der Waals surface area contributed by atoms with E-state index in [1.807, 2.05) is 11.0 Å². The van der Waals surface area contributed by atoms with Crippen molar-refractivity contribution in [1.29, 1.82) is 5.26 Å². The van der Waals surface area contributed by atoms with Crippen LogP contribution in [-0.4, -0.2) is 29.0 Å². The Labute approximate surface area is 138 Å². The molecule has 0 radical (unpaired) electrons. The molecule has 0 fully saturated rings. The topological polar surface area (TPSA) is 76.4 Å². The van der Waals surface area contributed by atoms with Gasteiger partial charge in [0.25, 0.3) is 5.91 Å². The van der Waals surface area contributed by atoms with Gasteiger partial charge < -0.3 is 15.3 Å². The van der Waals surface area contributed by atoms with Gasteiger partial charge in [-0.1, -0.05) is 32.8 Å². The minimum Gasteiger partial charge on any atom is -0.508 e. The average Bonchev–Trinajstić information content (AvgIpc) is 2.54. The number of aromatic hydroxyl groups is 1. The summed E-state index contributed by atoms with van der Waals surface area (Å²) in [6, 6.07) is 8.23. The zero-order valence-electron chi connectivity index (χ0n) is 13.9. The van der Waals surface area contributed by atoms with Gasteiger partial charge in [-0.15, -0.1) is 0 Å². The summed E-state index contributed by atoms with van der Waals surface area (Å²) in [5.41, 5.74) is 0.533. The zero-order valence-corrected chi connectivity index (χ0v) is 13.9. The van der Waals surface area contributed by atoms with Crippen LogP contribution in [0.1, 0.15) is 39.5 Å². The third-order valence-electron chi connectivity index (χ3n) is 3.38. The van der Waals surface area contributed by atoms with Crippen LogP contribution in [-0.2, 0) is 4.79 Å². The van der Waals surface area contributed by atoms with E-state index in [1.165, 1.54) is 12.1 Å². The molecule has 5 nitrogen and oxygen atoms in total. The fraction of sp³-hybridized carbons (Fsp3) is 0.444. The first-order valence-electron chi connectivity index (χ1n) is 8.07. The molecule has 0 aliphatic carbocycles. The van der Waals surface area contributed by atoms with E-state index in [1.54, 1.807) is 18.3 Å². The number of carbonyl (C=O) groups is 1. The largest absolute Gasteiger partial charge is 0.508 e. The van der Waals surface area contributed by atoms with Crippen LogP contribution >= 0.6 is 0 Å². The Bertz CT molecular complexity index is 568. The van der Waals surface area contributed by atoms with Crippen molar-refractivity contribution in [2.45, 2.75) is 39.5 Å². The van der Waals surface area contributed by atoms with E-state index in [0.29, 0.717) is 5.69 Å². The van der Waals surface area contributed by atoms with Crippen molar-refractivity contribution in [2.75, 3.05) is 18.4 Å². The van der Waals surface area contributed by atoms with E-state index in [2.05, 4.69) is 19.2 Å². The normalized spacial score (nSPS) is 10.9. The zero-order chi connectivity index (χ0) is 17.1. The summed E-state index contributed by atoms with van der Waals surface area (Å²) in [5.74, 6) is -0.395. The fourth-order valence-corrected chi connectivity index (χ4v) is 2.07. The van der Waals surface area contributed by atoms with E-state index in [0.717, 1.165) is 38.8 Å².